The summed E-state index contributed by atoms with van der Waals surface area (Å²) in [6.07, 6.45) is 6.15. The van der Waals surface area contributed by atoms with Crippen LogP contribution in [-0.2, 0) is 0 Å². The molecule has 4 nitrogen and oxygen atoms in total. The van der Waals surface area contributed by atoms with E-state index in [9.17, 15) is 5.11 Å². The van der Waals surface area contributed by atoms with Crippen molar-refractivity contribution in [3.05, 3.63) is 0 Å². The Morgan fingerprint density at radius 1 is 1.30 bits per heavy atom. The minimum absolute atomic E-state index is 0.109. The van der Waals surface area contributed by atoms with Crippen molar-refractivity contribution >= 4 is 34.9 Å². The van der Waals surface area contributed by atoms with Crippen molar-refractivity contribution in [3.8, 4) is 0 Å². The van der Waals surface area contributed by atoms with Crippen molar-refractivity contribution in [2.24, 2.45) is 0 Å². The van der Waals surface area contributed by atoms with E-state index >= 15 is 0 Å². The third-order valence-corrected chi connectivity index (χ3v) is 6.44. The molecule has 0 bridgehead atoms. The van der Waals surface area contributed by atoms with Gasteiger partial charge < -0.3 is 10.4 Å². The van der Waals surface area contributed by atoms with Crippen LogP contribution < -0.4 is 5.32 Å². The van der Waals surface area contributed by atoms with Gasteiger partial charge in [-0.05, 0) is 38.5 Å². The van der Waals surface area contributed by atoms with Gasteiger partial charge in [0, 0.05) is 11.3 Å². The summed E-state index contributed by atoms with van der Waals surface area (Å²) in [5, 5.41) is 21.4. The molecule has 7 heteroatoms. The van der Waals surface area contributed by atoms with Crippen molar-refractivity contribution in [1.29, 1.82) is 0 Å². The number of rotatable bonds is 11. The van der Waals surface area contributed by atoms with E-state index < -0.39 is 0 Å². The molecule has 1 unspecified atom stereocenters. The molecule has 0 aliphatic carbocycles. The van der Waals surface area contributed by atoms with E-state index in [4.69, 9.17) is 0 Å². The molecule has 1 rings (SSSR count). The molecule has 0 saturated heterocycles. The highest BCUT2D eigenvalue weighted by atomic mass is 32.2. The van der Waals surface area contributed by atoms with Crippen LogP contribution in [0.3, 0.4) is 0 Å². The molecule has 1 aromatic rings. The summed E-state index contributed by atoms with van der Waals surface area (Å²) in [5.41, 5.74) is -0.109. The van der Waals surface area contributed by atoms with Crippen LogP contribution in [0.15, 0.2) is 8.68 Å². The number of hydrogen-bond donors (Lipinski definition) is 2. The van der Waals surface area contributed by atoms with Gasteiger partial charge in [0.2, 0.25) is 0 Å². The first-order valence-electron chi connectivity index (χ1n) is 7.06. The Balaban J connectivity index is 2.32. The normalized spacial score (nSPS) is 14.4. The van der Waals surface area contributed by atoms with Crippen LogP contribution in [0.5, 0.6) is 0 Å². The minimum atomic E-state index is -0.109. The summed E-state index contributed by atoms with van der Waals surface area (Å²) in [7, 11) is 0. The molecule has 0 radical (unpaired) electrons. The molecule has 2 N–H and O–H groups in total. The lowest BCUT2D eigenvalue weighted by Crippen LogP contribution is -2.48. The molecular weight excluding hydrogens is 310 g/mol. The molecule has 1 atom stereocenters. The van der Waals surface area contributed by atoms with Gasteiger partial charge >= 0.3 is 0 Å². The lowest BCUT2D eigenvalue weighted by molar-refractivity contribution is 0.146. The fourth-order valence-electron chi connectivity index (χ4n) is 1.94. The molecule has 20 heavy (non-hydrogen) atoms. The van der Waals surface area contributed by atoms with E-state index in [-0.39, 0.29) is 12.1 Å². The molecule has 0 aliphatic heterocycles. The van der Waals surface area contributed by atoms with Crippen LogP contribution in [0.4, 0.5) is 0 Å². The second-order valence-electron chi connectivity index (χ2n) is 4.71. The highest BCUT2D eigenvalue weighted by Gasteiger charge is 2.25. The number of aromatic nitrogens is 2. The van der Waals surface area contributed by atoms with Crippen LogP contribution in [0, 0.1) is 0 Å². The van der Waals surface area contributed by atoms with E-state index in [2.05, 4.69) is 29.4 Å². The van der Waals surface area contributed by atoms with Crippen molar-refractivity contribution in [2.75, 3.05) is 25.2 Å². The number of aliphatic hydroxyl groups excluding tert-OH is 1. The first-order chi connectivity index (χ1) is 9.69. The third kappa shape index (κ3) is 5.89. The molecule has 0 aromatic carbocycles. The number of nitrogens with one attached hydrogen (secondary N) is 1. The van der Waals surface area contributed by atoms with Gasteiger partial charge in [0.1, 0.15) is 0 Å². The van der Waals surface area contributed by atoms with Gasteiger partial charge in [0.25, 0.3) is 0 Å². The molecule has 0 aliphatic rings. The summed E-state index contributed by atoms with van der Waals surface area (Å²) >= 11 is 5.06. The van der Waals surface area contributed by atoms with Gasteiger partial charge in [-0.3, -0.25) is 0 Å². The van der Waals surface area contributed by atoms with Gasteiger partial charge in [-0.15, -0.1) is 10.2 Å². The van der Waals surface area contributed by atoms with E-state index in [1.165, 1.54) is 0 Å². The van der Waals surface area contributed by atoms with E-state index in [1.54, 1.807) is 34.9 Å². The molecule has 116 valence electrons. The first kappa shape index (κ1) is 18.2. The Morgan fingerprint density at radius 3 is 2.60 bits per heavy atom. The quantitative estimate of drug-likeness (QED) is 0.478. The highest BCUT2D eigenvalue weighted by Crippen LogP contribution is 2.28. The SMILES string of the molecule is CCCNC(CC)(CO)CCCSc1nnc(SC)s1. The summed E-state index contributed by atoms with van der Waals surface area (Å²) in [4.78, 5) is 0. The first-order valence-corrected chi connectivity index (χ1v) is 10.1. The second-order valence-corrected chi connectivity index (χ2v) is 8.08. The molecule has 0 fully saturated rings. The lowest BCUT2D eigenvalue weighted by Gasteiger charge is -2.32. The van der Waals surface area contributed by atoms with Crippen molar-refractivity contribution in [3.63, 3.8) is 0 Å². The predicted molar refractivity (Wildman–Crippen MR) is 90.0 cm³/mol. The van der Waals surface area contributed by atoms with Crippen molar-refractivity contribution < 1.29 is 5.11 Å². The van der Waals surface area contributed by atoms with Gasteiger partial charge in [0.15, 0.2) is 8.68 Å². The summed E-state index contributed by atoms with van der Waals surface area (Å²) in [6, 6.07) is 0. The molecule has 0 spiro atoms. The smallest absolute Gasteiger partial charge is 0.175 e. The lowest BCUT2D eigenvalue weighted by atomic mass is 9.91. The van der Waals surface area contributed by atoms with Crippen LogP contribution in [0.2, 0.25) is 0 Å². The van der Waals surface area contributed by atoms with E-state index in [1.807, 2.05) is 6.26 Å². The molecule has 0 amide bonds. The minimum Gasteiger partial charge on any atom is -0.394 e. The number of hydrogen-bond acceptors (Lipinski definition) is 7. The van der Waals surface area contributed by atoms with Gasteiger partial charge in [-0.25, -0.2) is 0 Å². The number of thioether (sulfide) groups is 2. The fourth-order valence-corrected chi connectivity index (χ4v) is 4.38. The Bertz CT molecular complexity index is 369. The molecule has 1 heterocycles. The zero-order valence-electron chi connectivity index (χ0n) is 12.5. The maximum Gasteiger partial charge on any atom is 0.175 e. The summed E-state index contributed by atoms with van der Waals surface area (Å²) in [6.45, 7) is 5.47. The number of nitrogens with zero attached hydrogens (tertiary/aromatic N) is 2. The zero-order chi connectivity index (χ0) is 14.8. The van der Waals surface area contributed by atoms with Crippen LogP contribution >= 0.6 is 34.9 Å². The van der Waals surface area contributed by atoms with Crippen LogP contribution in [0.1, 0.15) is 39.5 Å². The summed E-state index contributed by atoms with van der Waals surface area (Å²) in [5.74, 6) is 1.03. The Kier molecular flexibility index (Phi) is 9.11. The maximum atomic E-state index is 9.66. The van der Waals surface area contributed by atoms with E-state index in [0.717, 1.165) is 46.7 Å². The van der Waals surface area contributed by atoms with Crippen molar-refractivity contribution in [1.82, 2.24) is 15.5 Å². The van der Waals surface area contributed by atoms with Gasteiger partial charge in [-0.1, -0.05) is 48.7 Å². The third-order valence-electron chi connectivity index (χ3n) is 3.32. The predicted octanol–water partition coefficient (Wildman–Crippen LogP) is 3.27. The fraction of sp³-hybridized carbons (Fsp3) is 0.846. The highest BCUT2D eigenvalue weighted by molar-refractivity contribution is 8.02. The topological polar surface area (TPSA) is 58.0 Å². The van der Waals surface area contributed by atoms with E-state index in [0.29, 0.717) is 0 Å². The number of aliphatic hydroxyl groups is 1. The van der Waals surface area contributed by atoms with Crippen LogP contribution in [-0.4, -0.2) is 46.0 Å². The largest absolute Gasteiger partial charge is 0.394 e. The zero-order valence-corrected chi connectivity index (χ0v) is 15.0. The van der Waals surface area contributed by atoms with Crippen LogP contribution in [0.25, 0.3) is 0 Å². The Hall–Kier alpha value is 0.180. The summed E-state index contributed by atoms with van der Waals surface area (Å²) < 4.78 is 2.07. The Labute approximate surface area is 134 Å². The second kappa shape index (κ2) is 10.00. The average molecular weight is 336 g/mol. The molecule has 0 saturated carbocycles. The van der Waals surface area contributed by atoms with Gasteiger partial charge in [-0.2, -0.15) is 0 Å². The Morgan fingerprint density at radius 2 is 2.05 bits per heavy atom. The standard InChI is InChI=1S/C13H25N3OS3/c1-4-8-14-13(5-2,10-17)7-6-9-19-12-16-15-11(18-3)20-12/h14,17H,4-10H2,1-3H3. The maximum absolute atomic E-state index is 9.66. The van der Waals surface area contributed by atoms with Gasteiger partial charge in [0.05, 0.1) is 6.61 Å². The molecular formula is C13H25N3OS3. The molecule has 1 aromatic heterocycles. The average Bonchev–Trinajstić information content (AvgIpc) is 2.95. The monoisotopic (exact) mass is 335 g/mol. The van der Waals surface area contributed by atoms with Crippen molar-refractivity contribution in [2.45, 2.75) is 53.7 Å².